The number of benzene rings is 1. The normalized spacial score (nSPS) is 14.1. The van der Waals surface area contributed by atoms with Gasteiger partial charge in [0.2, 0.25) is 0 Å². The number of nitrogens with zero attached hydrogens (tertiary/aromatic N) is 3. The van der Waals surface area contributed by atoms with Crippen LogP contribution in [0, 0.1) is 0 Å². The molecule has 0 radical (unpaired) electrons. The lowest BCUT2D eigenvalue weighted by atomic mass is 10.4. The molecule has 142 valence electrons. The molecule has 2 atom stereocenters. The number of rotatable bonds is 8. The van der Waals surface area contributed by atoms with Gasteiger partial charge in [0.25, 0.3) is 0 Å². The van der Waals surface area contributed by atoms with Crippen molar-refractivity contribution in [3.8, 4) is 0 Å². The molecule has 0 aliphatic heterocycles. The van der Waals surface area contributed by atoms with E-state index in [0.717, 1.165) is 23.2 Å². The van der Waals surface area contributed by atoms with Crippen molar-refractivity contribution in [1.82, 2.24) is 15.2 Å². The van der Waals surface area contributed by atoms with Crippen molar-refractivity contribution >= 4 is 29.1 Å². The third-order valence-electron chi connectivity index (χ3n) is 3.87. The summed E-state index contributed by atoms with van der Waals surface area (Å²) in [6.07, 6.45) is 0.0346. The lowest BCUT2D eigenvalue weighted by Gasteiger charge is -2.22. The molecule has 0 aliphatic carbocycles. The van der Waals surface area contributed by atoms with Crippen LogP contribution in [0.1, 0.15) is 30.7 Å². The second kappa shape index (κ2) is 10.5. The Hall–Kier alpha value is -1.57. The fourth-order valence-electron chi connectivity index (χ4n) is 2.39. The minimum Gasteiger partial charge on any atom is -0.375 e. The average Bonchev–Trinajstić information content (AvgIpc) is 3.10. The van der Waals surface area contributed by atoms with E-state index in [4.69, 9.17) is 4.74 Å². The minimum atomic E-state index is 0.0346. The van der Waals surface area contributed by atoms with Gasteiger partial charge in [-0.25, -0.2) is 4.98 Å². The molecule has 26 heavy (non-hydrogen) atoms. The lowest BCUT2D eigenvalue weighted by Crippen LogP contribution is -2.40. The van der Waals surface area contributed by atoms with E-state index in [1.165, 1.54) is 4.90 Å². The maximum absolute atomic E-state index is 5.33. The van der Waals surface area contributed by atoms with Crippen LogP contribution in [0.3, 0.4) is 0 Å². The number of aliphatic imine (C=N–C) groups is 1. The van der Waals surface area contributed by atoms with Gasteiger partial charge in [0.05, 0.1) is 12.2 Å². The number of thioether (sulfide) groups is 1. The van der Waals surface area contributed by atoms with E-state index in [0.29, 0.717) is 11.8 Å². The van der Waals surface area contributed by atoms with Gasteiger partial charge in [-0.1, -0.05) is 25.1 Å². The first-order valence-corrected chi connectivity index (χ1v) is 10.4. The molecule has 0 fully saturated rings. The van der Waals surface area contributed by atoms with Crippen LogP contribution in [0.2, 0.25) is 0 Å². The molecule has 0 saturated heterocycles. The molecule has 0 saturated carbocycles. The van der Waals surface area contributed by atoms with Crippen LogP contribution in [-0.2, 0) is 11.3 Å². The molecule has 2 aromatic rings. The fraction of sp³-hybridized carbons (Fsp3) is 0.474. The van der Waals surface area contributed by atoms with Crippen LogP contribution in [0.5, 0.6) is 0 Å². The highest BCUT2D eigenvalue weighted by atomic mass is 32.2. The van der Waals surface area contributed by atoms with Crippen LogP contribution in [0.25, 0.3) is 0 Å². The van der Waals surface area contributed by atoms with Gasteiger partial charge < -0.3 is 15.0 Å². The van der Waals surface area contributed by atoms with E-state index in [1.807, 2.05) is 38.8 Å². The summed E-state index contributed by atoms with van der Waals surface area (Å²) in [5, 5.41) is 6.99. The zero-order chi connectivity index (χ0) is 18.9. The summed E-state index contributed by atoms with van der Waals surface area (Å²) in [6.45, 7) is 5.79. The summed E-state index contributed by atoms with van der Waals surface area (Å²) in [5.41, 5.74) is 1.03. The van der Waals surface area contributed by atoms with Gasteiger partial charge in [-0.05, 0) is 19.1 Å². The Morgan fingerprint density at radius 2 is 2.08 bits per heavy atom. The smallest absolute Gasteiger partial charge is 0.193 e. The third kappa shape index (κ3) is 6.30. The quantitative estimate of drug-likeness (QED) is 0.417. The predicted octanol–water partition coefficient (Wildman–Crippen LogP) is 4.04. The highest BCUT2D eigenvalue weighted by Gasteiger charge is 2.13. The van der Waals surface area contributed by atoms with Crippen molar-refractivity contribution in [2.75, 3.05) is 27.7 Å². The maximum Gasteiger partial charge on any atom is 0.193 e. The highest BCUT2D eigenvalue weighted by Crippen LogP contribution is 2.22. The van der Waals surface area contributed by atoms with Gasteiger partial charge in [-0.2, -0.15) is 0 Å². The summed E-state index contributed by atoms with van der Waals surface area (Å²) in [5.74, 6) is 0.875. The standard InChI is InChI=1S/C19H28N4OS2/c1-14(26-17-9-7-6-8-10-17)11-21-19(20-3)23(4)12-16-13-25-18(22-16)15(2)24-5/h6-10,13-15H,11-12H2,1-5H3,(H,20,21). The molecule has 1 aromatic carbocycles. The Bertz CT molecular complexity index is 690. The summed E-state index contributed by atoms with van der Waals surface area (Å²) >= 11 is 3.50. The lowest BCUT2D eigenvalue weighted by molar-refractivity contribution is 0.119. The zero-order valence-corrected chi connectivity index (χ0v) is 17.7. The summed E-state index contributed by atoms with van der Waals surface area (Å²) in [7, 11) is 5.55. The molecule has 1 N–H and O–H groups in total. The van der Waals surface area contributed by atoms with Crippen molar-refractivity contribution in [2.24, 2.45) is 4.99 Å². The number of thiazole rings is 1. The van der Waals surface area contributed by atoms with E-state index in [9.17, 15) is 0 Å². The Balaban J connectivity index is 1.84. The van der Waals surface area contributed by atoms with E-state index in [1.54, 1.807) is 18.4 Å². The van der Waals surface area contributed by atoms with Gasteiger partial charge in [-0.3, -0.25) is 4.99 Å². The Morgan fingerprint density at radius 1 is 1.35 bits per heavy atom. The first-order valence-electron chi connectivity index (χ1n) is 8.64. The van der Waals surface area contributed by atoms with Crippen LogP contribution in [0.15, 0.2) is 45.6 Å². The van der Waals surface area contributed by atoms with E-state index in [2.05, 4.69) is 56.8 Å². The molecule has 0 aliphatic rings. The molecule has 0 amide bonds. The highest BCUT2D eigenvalue weighted by molar-refractivity contribution is 8.00. The Labute approximate surface area is 164 Å². The summed E-state index contributed by atoms with van der Waals surface area (Å²) < 4.78 is 5.33. The number of ether oxygens (including phenoxy) is 1. The maximum atomic E-state index is 5.33. The van der Waals surface area contributed by atoms with E-state index in [-0.39, 0.29) is 6.10 Å². The first-order chi connectivity index (χ1) is 12.5. The number of nitrogens with one attached hydrogen (secondary N) is 1. The number of hydrogen-bond donors (Lipinski definition) is 1. The molecule has 0 spiro atoms. The minimum absolute atomic E-state index is 0.0346. The molecule has 5 nitrogen and oxygen atoms in total. The molecule has 7 heteroatoms. The van der Waals surface area contributed by atoms with Crippen molar-refractivity contribution in [2.45, 2.75) is 36.6 Å². The van der Waals surface area contributed by atoms with Gasteiger partial charge >= 0.3 is 0 Å². The van der Waals surface area contributed by atoms with Gasteiger partial charge in [-0.15, -0.1) is 23.1 Å². The first kappa shape index (κ1) is 20.7. The predicted molar refractivity (Wildman–Crippen MR) is 112 cm³/mol. The molecular weight excluding hydrogens is 364 g/mol. The number of hydrogen-bond acceptors (Lipinski definition) is 5. The second-order valence-electron chi connectivity index (χ2n) is 6.08. The van der Waals surface area contributed by atoms with Crippen molar-refractivity contribution < 1.29 is 4.74 Å². The van der Waals surface area contributed by atoms with E-state index >= 15 is 0 Å². The van der Waals surface area contributed by atoms with Crippen LogP contribution in [0.4, 0.5) is 0 Å². The largest absolute Gasteiger partial charge is 0.375 e. The average molecular weight is 393 g/mol. The number of aromatic nitrogens is 1. The summed E-state index contributed by atoms with van der Waals surface area (Å²) in [4.78, 5) is 12.4. The Kier molecular flexibility index (Phi) is 8.41. The molecule has 2 rings (SSSR count). The van der Waals surface area contributed by atoms with Gasteiger partial charge in [0.15, 0.2) is 5.96 Å². The summed E-state index contributed by atoms with van der Waals surface area (Å²) in [6, 6.07) is 10.5. The number of methoxy groups -OCH3 is 1. The molecular formula is C19H28N4OS2. The van der Waals surface area contributed by atoms with Gasteiger partial charge in [0, 0.05) is 43.3 Å². The van der Waals surface area contributed by atoms with Crippen molar-refractivity contribution in [1.29, 1.82) is 0 Å². The Morgan fingerprint density at radius 3 is 2.73 bits per heavy atom. The van der Waals surface area contributed by atoms with Crippen LogP contribution in [-0.4, -0.2) is 48.8 Å². The monoisotopic (exact) mass is 392 g/mol. The molecule has 2 unspecified atom stereocenters. The SMILES string of the molecule is CN=C(NCC(C)Sc1ccccc1)N(C)Cc1csc(C(C)OC)n1. The van der Waals surface area contributed by atoms with Crippen LogP contribution < -0.4 is 5.32 Å². The molecule has 1 aromatic heterocycles. The third-order valence-corrected chi connectivity index (χ3v) is 6.04. The molecule has 0 bridgehead atoms. The van der Waals surface area contributed by atoms with Crippen LogP contribution >= 0.6 is 23.1 Å². The van der Waals surface area contributed by atoms with E-state index < -0.39 is 0 Å². The van der Waals surface area contributed by atoms with Crippen molar-refractivity contribution in [3.63, 3.8) is 0 Å². The fourth-order valence-corrected chi connectivity index (χ4v) is 4.18. The topological polar surface area (TPSA) is 49.8 Å². The number of guanidine groups is 1. The second-order valence-corrected chi connectivity index (χ2v) is 8.48. The van der Waals surface area contributed by atoms with Crippen molar-refractivity contribution in [3.05, 3.63) is 46.4 Å². The zero-order valence-electron chi connectivity index (χ0n) is 16.1. The molecule has 1 heterocycles. The van der Waals surface area contributed by atoms with Gasteiger partial charge in [0.1, 0.15) is 11.1 Å².